The summed E-state index contributed by atoms with van der Waals surface area (Å²) in [6, 6.07) is 13.4. The number of carbonyl (C=O) groups excluding carboxylic acids is 1. The highest BCUT2D eigenvalue weighted by Crippen LogP contribution is 2.21. The summed E-state index contributed by atoms with van der Waals surface area (Å²) in [5.41, 5.74) is 2.12. The monoisotopic (exact) mass is 457 g/mol. The van der Waals surface area contributed by atoms with Crippen molar-refractivity contribution in [1.29, 1.82) is 0 Å². The van der Waals surface area contributed by atoms with E-state index >= 15 is 0 Å². The van der Waals surface area contributed by atoms with E-state index < -0.39 is 16.0 Å². The number of carbonyl (C=O) groups is 1. The molecule has 0 aliphatic rings. The van der Waals surface area contributed by atoms with E-state index in [0.717, 1.165) is 5.56 Å². The number of rotatable bonds is 8. The summed E-state index contributed by atoms with van der Waals surface area (Å²) >= 11 is 0. The van der Waals surface area contributed by atoms with E-state index in [1.807, 2.05) is 24.3 Å². The summed E-state index contributed by atoms with van der Waals surface area (Å²) in [6.07, 6.45) is 0. The lowest BCUT2D eigenvalue weighted by Crippen LogP contribution is -2.33. The van der Waals surface area contributed by atoms with Gasteiger partial charge < -0.3 is 9.26 Å². The number of nitrogens with zero attached hydrogens (tertiary/aromatic N) is 3. The molecule has 0 N–H and O–H groups in total. The smallest absolute Gasteiger partial charge is 0.338 e. The van der Waals surface area contributed by atoms with E-state index in [2.05, 4.69) is 24.0 Å². The van der Waals surface area contributed by atoms with Crippen LogP contribution in [-0.2, 0) is 21.4 Å². The summed E-state index contributed by atoms with van der Waals surface area (Å²) in [6.45, 7) is 7.55. The maximum absolute atomic E-state index is 12.7. The van der Waals surface area contributed by atoms with Crippen molar-refractivity contribution in [1.82, 2.24) is 14.4 Å². The van der Waals surface area contributed by atoms with Gasteiger partial charge in [0.15, 0.2) is 6.61 Å². The van der Waals surface area contributed by atoms with Crippen LogP contribution in [0.3, 0.4) is 0 Å². The molecule has 3 aromatic rings. The second kappa shape index (κ2) is 9.62. The minimum atomic E-state index is -3.71. The number of hydrogen-bond acceptors (Lipinski definition) is 7. The van der Waals surface area contributed by atoms with Gasteiger partial charge in [-0.15, -0.1) is 0 Å². The van der Waals surface area contributed by atoms with Crippen molar-refractivity contribution >= 4 is 16.0 Å². The van der Waals surface area contributed by atoms with Gasteiger partial charge in [-0.3, -0.25) is 0 Å². The summed E-state index contributed by atoms with van der Waals surface area (Å²) in [5.74, 6) is 0.277. The van der Waals surface area contributed by atoms with Crippen LogP contribution in [0, 0.1) is 0 Å². The van der Waals surface area contributed by atoms with Crippen molar-refractivity contribution in [3.05, 3.63) is 65.5 Å². The Morgan fingerprint density at radius 1 is 1.09 bits per heavy atom. The van der Waals surface area contributed by atoms with Crippen LogP contribution < -0.4 is 0 Å². The van der Waals surface area contributed by atoms with Gasteiger partial charge in [0.2, 0.25) is 15.8 Å². The standard InChI is InChI=1S/C23H27N3O5S/c1-15(2)17-9-11-18(12-10-17)22-24-21(31-25-22)14-30-23(27)19-7-6-8-20(13-19)32(28,29)26(5)16(3)4/h6-13,15-16H,14H2,1-5H3. The first-order valence-electron chi connectivity index (χ1n) is 10.3. The number of sulfonamides is 1. The van der Waals surface area contributed by atoms with Crippen LogP contribution in [0.25, 0.3) is 11.4 Å². The number of hydrogen-bond donors (Lipinski definition) is 0. The molecule has 32 heavy (non-hydrogen) atoms. The molecule has 2 aromatic carbocycles. The molecule has 1 heterocycles. The summed E-state index contributed by atoms with van der Waals surface area (Å²) in [7, 11) is -2.22. The molecule has 1 aromatic heterocycles. The van der Waals surface area contributed by atoms with Crippen molar-refractivity contribution in [2.75, 3.05) is 7.05 Å². The fraction of sp³-hybridized carbons (Fsp3) is 0.348. The number of ether oxygens (including phenoxy) is 1. The molecule has 0 spiro atoms. The van der Waals surface area contributed by atoms with Crippen LogP contribution >= 0.6 is 0 Å². The third-order valence-corrected chi connectivity index (χ3v) is 7.13. The normalized spacial score (nSPS) is 12.0. The zero-order valence-corrected chi connectivity index (χ0v) is 19.6. The van der Waals surface area contributed by atoms with Crippen LogP contribution in [-0.4, -0.2) is 41.9 Å². The van der Waals surface area contributed by atoms with Gasteiger partial charge in [0, 0.05) is 18.7 Å². The largest absolute Gasteiger partial charge is 0.452 e. The first kappa shape index (κ1) is 23.6. The maximum atomic E-state index is 12.7. The Kier molecular flexibility index (Phi) is 7.10. The average Bonchev–Trinajstić information content (AvgIpc) is 3.26. The predicted octanol–water partition coefficient (Wildman–Crippen LogP) is 4.25. The Morgan fingerprint density at radius 2 is 1.78 bits per heavy atom. The third kappa shape index (κ3) is 5.23. The van der Waals surface area contributed by atoms with Crippen LogP contribution in [0.15, 0.2) is 57.9 Å². The van der Waals surface area contributed by atoms with Crippen LogP contribution in [0.4, 0.5) is 0 Å². The highest BCUT2D eigenvalue weighted by atomic mass is 32.2. The molecule has 0 unspecified atom stereocenters. The molecular formula is C23H27N3O5S. The van der Waals surface area contributed by atoms with E-state index in [1.54, 1.807) is 13.8 Å². The Bertz CT molecular complexity index is 1180. The molecule has 0 amide bonds. The molecule has 170 valence electrons. The molecule has 0 atom stereocenters. The van der Waals surface area contributed by atoms with Crippen molar-refractivity contribution in [3.63, 3.8) is 0 Å². The fourth-order valence-corrected chi connectivity index (χ4v) is 4.30. The zero-order chi connectivity index (χ0) is 23.5. The first-order chi connectivity index (χ1) is 15.1. The molecule has 0 bridgehead atoms. The number of esters is 1. The SMILES string of the molecule is CC(C)c1ccc(-c2noc(COC(=O)c3cccc(S(=O)(=O)N(C)C(C)C)c3)n2)cc1. The lowest BCUT2D eigenvalue weighted by atomic mass is 10.0. The van der Waals surface area contributed by atoms with Gasteiger partial charge in [0.05, 0.1) is 10.5 Å². The van der Waals surface area contributed by atoms with Gasteiger partial charge in [-0.25, -0.2) is 13.2 Å². The molecule has 0 saturated heterocycles. The zero-order valence-electron chi connectivity index (χ0n) is 18.8. The molecular weight excluding hydrogens is 430 g/mol. The lowest BCUT2D eigenvalue weighted by molar-refractivity contribution is 0.0429. The molecule has 0 fully saturated rings. The molecule has 3 rings (SSSR count). The van der Waals surface area contributed by atoms with Gasteiger partial charge in [-0.2, -0.15) is 9.29 Å². The van der Waals surface area contributed by atoms with Gasteiger partial charge >= 0.3 is 5.97 Å². The minimum absolute atomic E-state index is 0.0214. The molecule has 9 heteroatoms. The molecule has 8 nitrogen and oxygen atoms in total. The summed E-state index contributed by atoms with van der Waals surface area (Å²) < 4.78 is 37.0. The fourth-order valence-electron chi connectivity index (χ4n) is 2.89. The van der Waals surface area contributed by atoms with Crippen molar-refractivity contribution < 1.29 is 22.5 Å². The second-order valence-corrected chi connectivity index (χ2v) is 10.0. The van der Waals surface area contributed by atoms with E-state index in [0.29, 0.717) is 11.7 Å². The highest BCUT2D eigenvalue weighted by Gasteiger charge is 2.24. The van der Waals surface area contributed by atoms with Crippen molar-refractivity contribution in [2.45, 2.75) is 51.2 Å². The Morgan fingerprint density at radius 3 is 2.41 bits per heavy atom. The van der Waals surface area contributed by atoms with E-state index in [9.17, 15) is 13.2 Å². The number of benzene rings is 2. The average molecular weight is 458 g/mol. The minimum Gasteiger partial charge on any atom is -0.452 e. The summed E-state index contributed by atoms with van der Waals surface area (Å²) in [4.78, 5) is 16.7. The van der Waals surface area contributed by atoms with Gasteiger partial charge in [-0.1, -0.05) is 49.3 Å². The summed E-state index contributed by atoms with van der Waals surface area (Å²) in [5, 5.41) is 3.93. The Balaban J connectivity index is 1.68. The predicted molar refractivity (Wildman–Crippen MR) is 119 cm³/mol. The molecule has 0 aliphatic carbocycles. The van der Waals surface area contributed by atoms with Crippen molar-refractivity contribution in [2.24, 2.45) is 0 Å². The Labute approximate surface area is 188 Å². The third-order valence-electron chi connectivity index (χ3n) is 5.10. The van der Waals surface area contributed by atoms with Gasteiger partial charge in [-0.05, 0) is 43.5 Å². The molecule has 0 aliphatic heterocycles. The molecule has 0 radical (unpaired) electrons. The molecule has 0 saturated carbocycles. The van der Waals surface area contributed by atoms with Crippen LogP contribution in [0.2, 0.25) is 0 Å². The second-order valence-electron chi connectivity index (χ2n) is 8.01. The lowest BCUT2D eigenvalue weighted by Gasteiger charge is -2.21. The first-order valence-corrected chi connectivity index (χ1v) is 11.7. The van der Waals surface area contributed by atoms with E-state index in [-0.39, 0.29) is 29.0 Å². The number of aromatic nitrogens is 2. The van der Waals surface area contributed by atoms with Gasteiger partial charge in [0.1, 0.15) is 0 Å². The quantitative estimate of drug-likeness (QED) is 0.466. The topological polar surface area (TPSA) is 103 Å². The highest BCUT2D eigenvalue weighted by molar-refractivity contribution is 7.89. The van der Waals surface area contributed by atoms with E-state index in [4.69, 9.17) is 9.26 Å². The van der Waals surface area contributed by atoms with Crippen molar-refractivity contribution in [3.8, 4) is 11.4 Å². The Hall–Kier alpha value is -3.04. The van der Waals surface area contributed by atoms with Gasteiger partial charge in [0.25, 0.3) is 5.89 Å². The van der Waals surface area contributed by atoms with Crippen LogP contribution in [0.5, 0.6) is 0 Å². The van der Waals surface area contributed by atoms with Crippen LogP contribution in [0.1, 0.15) is 55.4 Å². The maximum Gasteiger partial charge on any atom is 0.338 e. The van der Waals surface area contributed by atoms with E-state index in [1.165, 1.54) is 41.2 Å².